The number of rotatable bonds is 3. The van der Waals surface area contributed by atoms with E-state index < -0.39 is 17.2 Å². The highest BCUT2D eigenvalue weighted by Gasteiger charge is 2.33. The summed E-state index contributed by atoms with van der Waals surface area (Å²) in [5.41, 5.74) is 5.06. The van der Waals surface area contributed by atoms with Crippen LogP contribution >= 0.6 is 0 Å². The molecule has 100 valence electrons. The smallest absolute Gasteiger partial charge is 0.184 e. The van der Waals surface area contributed by atoms with Crippen LogP contribution in [0.25, 0.3) is 0 Å². The molecule has 0 aromatic heterocycles. The van der Waals surface area contributed by atoms with Crippen molar-refractivity contribution in [3.05, 3.63) is 23.8 Å². The topological polar surface area (TPSA) is 49.5 Å². The molecule has 18 heavy (non-hydrogen) atoms. The minimum Gasteiger partial charge on any atom is -0.397 e. The quantitative estimate of drug-likeness (QED) is 0.816. The van der Waals surface area contributed by atoms with Crippen LogP contribution in [0.1, 0.15) is 25.7 Å². The first kappa shape index (κ1) is 13.1. The molecule has 0 unspecified atom stereocenters. The van der Waals surface area contributed by atoms with Crippen LogP contribution in [0.2, 0.25) is 0 Å². The van der Waals surface area contributed by atoms with E-state index in [4.69, 9.17) is 5.73 Å². The Morgan fingerprint density at radius 1 is 1.33 bits per heavy atom. The largest absolute Gasteiger partial charge is 0.397 e. The van der Waals surface area contributed by atoms with Gasteiger partial charge in [-0.3, -0.25) is 0 Å². The van der Waals surface area contributed by atoms with E-state index in [0.29, 0.717) is 12.8 Å². The van der Waals surface area contributed by atoms with Crippen molar-refractivity contribution in [2.45, 2.75) is 31.3 Å². The highest BCUT2D eigenvalue weighted by atomic mass is 19.2. The lowest BCUT2D eigenvalue weighted by Crippen LogP contribution is -2.39. The Bertz CT molecular complexity index is 445. The monoisotopic (exact) mass is 256 g/mol. The first-order valence-corrected chi connectivity index (χ1v) is 6.10. The molecule has 0 saturated heterocycles. The minimum atomic E-state index is -0.959. The number of likely N-dealkylation sites (N-methyl/N-ethyl adjacent to an activating group) is 1. The normalized spacial score (nSPS) is 18.0. The molecule has 1 aromatic rings. The Morgan fingerprint density at radius 3 is 2.56 bits per heavy atom. The first-order valence-electron chi connectivity index (χ1n) is 6.10. The number of nitrogens with zero attached hydrogens (tertiary/aromatic N) is 1. The molecule has 1 fully saturated rings. The van der Waals surface area contributed by atoms with Gasteiger partial charge < -0.3 is 15.7 Å². The van der Waals surface area contributed by atoms with E-state index in [-0.39, 0.29) is 17.9 Å². The Labute approximate surface area is 105 Å². The molecule has 1 aliphatic rings. The SMILES string of the molecule is CN(CC1(O)CCCC1)c1c(N)ccc(F)c1F. The number of halogens is 2. The van der Waals surface area contributed by atoms with Crippen molar-refractivity contribution in [1.82, 2.24) is 0 Å². The van der Waals surface area contributed by atoms with Gasteiger partial charge in [0.05, 0.1) is 17.0 Å². The summed E-state index contributed by atoms with van der Waals surface area (Å²) in [6, 6.07) is 2.34. The van der Waals surface area contributed by atoms with E-state index in [1.807, 2.05) is 0 Å². The summed E-state index contributed by atoms with van der Waals surface area (Å²) in [5, 5.41) is 10.3. The number of nitrogen functional groups attached to an aromatic ring is 1. The second-order valence-corrected chi connectivity index (χ2v) is 5.09. The van der Waals surface area contributed by atoms with Gasteiger partial charge in [0.1, 0.15) is 0 Å². The second kappa shape index (κ2) is 4.72. The van der Waals surface area contributed by atoms with Crippen molar-refractivity contribution < 1.29 is 13.9 Å². The van der Waals surface area contributed by atoms with Crippen LogP contribution in [-0.2, 0) is 0 Å². The predicted octanol–water partition coefficient (Wildman–Crippen LogP) is 2.29. The zero-order valence-electron chi connectivity index (χ0n) is 10.4. The highest BCUT2D eigenvalue weighted by Crippen LogP contribution is 2.34. The van der Waals surface area contributed by atoms with Crippen LogP contribution in [0.4, 0.5) is 20.2 Å². The standard InChI is InChI=1S/C13H18F2N2O/c1-17(8-13(18)6-2-3-7-13)12-10(16)5-4-9(14)11(12)15/h4-5,18H,2-3,6-8,16H2,1H3. The summed E-state index contributed by atoms with van der Waals surface area (Å²) >= 11 is 0. The fourth-order valence-corrected chi connectivity index (χ4v) is 2.65. The van der Waals surface area contributed by atoms with Crippen molar-refractivity contribution >= 4 is 11.4 Å². The molecule has 0 amide bonds. The molecule has 2 rings (SSSR count). The lowest BCUT2D eigenvalue weighted by Gasteiger charge is -2.30. The molecule has 1 aliphatic carbocycles. The molecule has 3 N–H and O–H groups in total. The van der Waals surface area contributed by atoms with Crippen LogP contribution in [0.3, 0.4) is 0 Å². The lowest BCUT2D eigenvalue weighted by atomic mass is 10.0. The summed E-state index contributed by atoms with van der Waals surface area (Å²) in [7, 11) is 1.62. The molecule has 0 bridgehead atoms. The number of aliphatic hydroxyl groups is 1. The van der Waals surface area contributed by atoms with E-state index >= 15 is 0 Å². The number of anilines is 2. The van der Waals surface area contributed by atoms with Gasteiger partial charge in [-0.25, -0.2) is 8.78 Å². The predicted molar refractivity (Wildman–Crippen MR) is 67.5 cm³/mol. The Balaban J connectivity index is 2.23. The zero-order valence-corrected chi connectivity index (χ0v) is 10.4. The summed E-state index contributed by atoms with van der Waals surface area (Å²) in [6.45, 7) is 0.261. The van der Waals surface area contributed by atoms with Gasteiger partial charge in [-0.15, -0.1) is 0 Å². The molecular weight excluding hydrogens is 238 g/mol. The Hall–Kier alpha value is -1.36. The van der Waals surface area contributed by atoms with Crippen LogP contribution < -0.4 is 10.6 Å². The van der Waals surface area contributed by atoms with Gasteiger partial charge in [0.25, 0.3) is 0 Å². The van der Waals surface area contributed by atoms with Crippen molar-refractivity contribution in [2.24, 2.45) is 0 Å². The van der Waals surface area contributed by atoms with Crippen LogP contribution in [0.15, 0.2) is 12.1 Å². The molecule has 5 heteroatoms. The minimum absolute atomic E-state index is 0.0234. The maximum Gasteiger partial charge on any atom is 0.184 e. The van der Waals surface area contributed by atoms with E-state index in [1.165, 1.54) is 11.0 Å². The molecule has 0 aliphatic heterocycles. The average molecular weight is 256 g/mol. The number of nitrogens with two attached hydrogens (primary N) is 1. The molecule has 0 radical (unpaired) electrons. The third kappa shape index (κ3) is 2.41. The highest BCUT2D eigenvalue weighted by molar-refractivity contribution is 5.68. The summed E-state index contributed by atoms with van der Waals surface area (Å²) in [4.78, 5) is 1.50. The van der Waals surface area contributed by atoms with Crippen LogP contribution in [-0.4, -0.2) is 24.3 Å². The third-order valence-electron chi connectivity index (χ3n) is 3.55. The van der Waals surface area contributed by atoms with Gasteiger partial charge in [-0.2, -0.15) is 0 Å². The molecule has 0 atom stereocenters. The summed E-state index contributed by atoms with van der Waals surface area (Å²) < 4.78 is 26.9. The van der Waals surface area contributed by atoms with Crippen LogP contribution in [0.5, 0.6) is 0 Å². The van der Waals surface area contributed by atoms with Gasteiger partial charge >= 0.3 is 0 Å². The lowest BCUT2D eigenvalue weighted by molar-refractivity contribution is 0.0558. The van der Waals surface area contributed by atoms with Crippen LogP contribution in [0, 0.1) is 11.6 Å². The number of benzene rings is 1. The first-order chi connectivity index (χ1) is 8.43. The maximum atomic E-state index is 13.7. The zero-order chi connectivity index (χ0) is 13.3. The third-order valence-corrected chi connectivity index (χ3v) is 3.55. The number of hydrogen-bond acceptors (Lipinski definition) is 3. The molecule has 0 spiro atoms. The Morgan fingerprint density at radius 2 is 1.94 bits per heavy atom. The van der Waals surface area contributed by atoms with E-state index in [9.17, 15) is 13.9 Å². The molecule has 1 saturated carbocycles. The maximum absolute atomic E-state index is 13.7. The average Bonchev–Trinajstić information content (AvgIpc) is 2.71. The van der Waals surface area contributed by atoms with E-state index in [0.717, 1.165) is 18.9 Å². The van der Waals surface area contributed by atoms with Crippen molar-refractivity contribution in [2.75, 3.05) is 24.2 Å². The van der Waals surface area contributed by atoms with Gasteiger partial charge in [0.15, 0.2) is 11.6 Å². The molecular formula is C13H18F2N2O. The molecule has 0 heterocycles. The van der Waals surface area contributed by atoms with Crippen molar-refractivity contribution in [1.29, 1.82) is 0 Å². The number of hydrogen-bond donors (Lipinski definition) is 2. The van der Waals surface area contributed by atoms with E-state index in [1.54, 1.807) is 7.05 Å². The summed E-state index contributed by atoms with van der Waals surface area (Å²) in [6.07, 6.45) is 3.30. The fourth-order valence-electron chi connectivity index (χ4n) is 2.65. The van der Waals surface area contributed by atoms with Gasteiger partial charge in [-0.1, -0.05) is 12.8 Å². The molecule has 3 nitrogen and oxygen atoms in total. The second-order valence-electron chi connectivity index (χ2n) is 5.09. The Kier molecular flexibility index (Phi) is 3.43. The van der Waals surface area contributed by atoms with Gasteiger partial charge in [-0.05, 0) is 25.0 Å². The fraction of sp³-hybridized carbons (Fsp3) is 0.538. The van der Waals surface area contributed by atoms with Crippen molar-refractivity contribution in [3.8, 4) is 0 Å². The molecule has 1 aromatic carbocycles. The van der Waals surface area contributed by atoms with Gasteiger partial charge in [0, 0.05) is 13.6 Å². The summed E-state index contributed by atoms with van der Waals surface area (Å²) in [5.74, 6) is -1.89. The van der Waals surface area contributed by atoms with Crippen molar-refractivity contribution in [3.63, 3.8) is 0 Å². The van der Waals surface area contributed by atoms with Gasteiger partial charge in [0.2, 0.25) is 0 Å². The van der Waals surface area contributed by atoms with E-state index in [2.05, 4.69) is 0 Å².